The molecule has 0 aliphatic rings. The molecule has 0 aliphatic carbocycles. The van der Waals surface area contributed by atoms with Crippen LogP contribution in [0, 0.1) is 0 Å². The van der Waals surface area contributed by atoms with Gasteiger partial charge >= 0.3 is 17.9 Å². The fourth-order valence-corrected chi connectivity index (χ4v) is 3.54. The Morgan fingerprint density at radius 3 is 0.923 bits per heavy atom. The van der Waals surface area contributed by atoms with E-state index in [1.807, 2.05) is 0 Å². The maximum absolute atomic E-state index is 12.6. The number of aromatic nitrogens is 3. The molecule has 39 heavy (non-hydrogen) atoms. The molecule has 9 nitrogen and oxygen atoms in total. The number of benzene rings is 3. The Hall–Kier alpha value is -4.92. The SMILES string of the molecule is CC(OC(=O)c1ccccc1)c1nc(C(C)OC(=O)c2ccccc2)nc(C(C)OC(=O)c2ccccc2)n1. The Bertz CT molecular complexity index is 1240. The molecule has 0 amide bonds. The van der Waals surface area contributed by atoms with Crippen molar-refractivity contribution in [3.63, 3.8) is 0 Å². The molecule has 0 saturated heterocycles. The van der Waals surface area contributed by atoms with Crippen molar-refractivity contribution in [2.75, 3.05) is 0 Å². The summed E-state index contributed by atoms with van der Waals surface area (Å²) in [4.78, 5) is 51.2. The van der Waals surface area contributed by atoms with Gasteiger partial charge in [0, 0.05) is 0 Å². The standard InChI is InChI=1S/C30H27N3O6/c1-19(37-28(34)22-13-7-4-8-14-22)25-31-26(20(2)38-29(35)23-15-9-5-10-16-23)33-27(32-25)21(3)39-30(36)24-17-11-6-12-18-24/h4-21H,1-3H3. The predicted molar refractivity (Wildman–Crippen MR) is 141 cm³/mol. The van der Waals surface area contributed by atoms with Crippen molar-refractivity contribution in [3.8, 4) is 0 Å². The molecule has 3 aromatic carbocycles. The average molecular weight is 526 g/mol. The second-order valence-electron chi connectivity index (χ2n) is 8.65. The first-order valence-corrected chi connectivity index (χ1v) is 12.4. The van der Waals surface area contributed by atoms with Crippen molar-refractivity contribution in [3.05, 3.63) is 125 Å². The van der Waals surface area contributed by atoms with Gasteiger partial charge in [0.2, 0.25) is 0 Å². The van der Waals surface area contributed by atoms with E-state index in [0.717, 1.165) is 0 Å². The number of hydrogen-bond acceptors (Lipinski definition) is 9. The van der Waals surface area contributed by atoms with E-state index in [-0.39, 0.29) is 17.5 Å². The van der Waals surface area contributed by atoms with E-state index in [1.54, 1.807) is 112 Å². The molecule has 198 valence electrons. The third-order valence-electron chi connectivity index (χ3n) is 5.66. The highest BCUT2D eigenvalue weighted by molar-refractivity contribution is 5.90. The molecule has 4 aromatic rings. The number of carbonyl (C=O) groups excluding carboxylic acids is 3. The number of ether oxygens (including phenoxy) is 3. The van der Waals surface area contributed by atoms with Crippen molar-refractivity contribution in [2.45, 2.75) is 39.1 Å². The normalized spacial score (nSPS) is 13.0. The second kappa shape index (κ2) is 12.6. The van der Waals surface area contributed by atoms with Crippen molar-refractivity contribution < 1.29 is 28.6 Å². The quantitative estimate of drug-likeness (QED) is 0.202. The van der Waals surface area contributed by atoms with Crippen LogP contribution in [-0.4, -0.2) is 32.9 Å². The molecule has 0 saturated carbocycles. The largest absolute Gasteiger partial charge is 0.451 e. The Labute approximate surface area is 225 Å². The summed E-state index contributed by atoms with van der Waals surface area (Å²) in [6.07, 6.45) is -2.65. The first-order chi connectivity index (χ1) is 18.8. The lowest BCUT2D eigenvalue weighted by Crippen LogP contribution is -2.20. The second-order valence-corrected chi connectivity index (χ2v) is 8.65. The molecule has 0 radical (unpaired) electrons. The van der Waals surface area contributed by atoms with Crippen LogP contribution in [0.2, 0.25) is 0 Å². The lowest BCUT2D eigenvalue weighted by atomic mass is 10.2. The molecule has 0 aliphatic heterocycles. The summed E-state index contributed by atoms with van der Waals surface area (Å²) in [5.74, 6) is -1.32. The highest BCUT2D eigenvalue weighted by Crippen LogP contribution is 2.23. The van der Waals surface area contributed by atoms with E-state index in [0.29, 0.717) is 16.7 Å². The fourth-order valence-electron chi connectivity index (χ4n) is 3.54. The van der Waals surface area contributed by atoms with Crippen molar-refractivity contribution >= 4 is 17.9 Å². The van der Waals surface area contributed by atoms with Gasteiger partial charge in [0.05, 0.1) is 16.7 Å². The molecule has 0 spiro atoms. The Kier molecular flexibility index (Phi) is 8.73. The van der Waals surface area contributed by atoms with E-state index in [1.165, 1.54) is 0 Å². The zero-order valence-corrected chi connectivity index (χ0v) is 21.7. The zero-order chi connectivity index (χ0) is 27.8. The van der Waals surface area contributed by atoms with Crippen LogP contribution in [0.3, 0.4) is 0 Å². The van der Waals surface area contributed by atoms with Crippen molar-refractivity contribution in [2.24, 2.45) is 0 Å². The highest BCUT2D eigenvalue weighted by Gasteiger charge is 2.25. The maximum atomic E-state index is 12.6. The van der Waals surface area contributed by atoms with Gasteiger partial charge in [0.15, 0.2) is 35.8 Å². The number of nitrogens with zero attached hydrogens (tertiary/aromatic N) is 3. The van der Waals surface area contributed by atoms with Crippen LogP contribution in [0.1, 0.15) is 87.6 Å². The average Bonchev–Trinajstić information content (AvgIpc) is 2.98. The molecular weight excluding hydrogens is 498 g/mol. The summed E-state index contributed by atoms with van der Waals surface area (Å²) in [7, 11) is 0. The topological polar surface area (TPSA) is 118 Å². The number of esters is 3. The summed E-state index contributed by atoms with van der Waals surface area (Å²) in [5.41, 5.74) is 1.11. The molecule has 0 fully saturated rings. The lowest BCUT2D eigenvalue weighted by Gasteiger charge is -2.19. The minimum absolute atomic E-state index is 0.115. The van der Waals surface area contributed by atoms with E-state index in [4.69, 9.17) is 14.2 Å². The van der Waals surface area contributed by atoms with Gasteiger partial charge in [-0.05, 0) is 57.2 Å². The Balaban J connectivity index is 1.60. The van der Waals surface area contributed by atoms with Gasteiger partial charge in [-0.15, -0.1) is 0 Å². The van der Waals surface area contributed by atoms with Crippen LogP contribution in [0.25, 0.3) is 0 Å². The smallest absolute Gasteiger partial charge is 0.338 e. The van der Waals surface area contributed by atoms with Crippen LogP contribution in [-0.2, 0) is 14.2 Å². The van der Waals surface area contributed by atoms with Crippen LogP contribution < -0.4 is 0 Å². The number of carbonyl (C=O) groups is 3. The molecule has 0 N–H and O–H groups in total. The minimum Gasteiger partial charge on any atom is -0.451 e. The Morgan fingerprint density at radius 2 is 0.692 bits per heavy atom. The van der Waals surface area contributed by atoms with Gasteiger partial charge < -0.3 is 14.2 Å². The van der Waals surface area contributed by atoms with Gasteiger partial charge in [-0.25, -0.2) is 29.3 Å². The van der Waals surface area contributed by atoms with Gasteiger partial charge in [-0.3, -0.25) is 0 Å². The first-order valence-electron chi connectivity index (χ1n) is 12.4. The van der Waals surface area contributed by atoms with Crippen molar-refractivity contribution in [1.82, 2.24) is 15.0 Å². The summed E-state index contributed by atoms with van der Waals surface area (Å²) < 4.78 is 16.8. The molecule has 4 rings (SSSR count). The van der Waals surface area contributed by atoms with Crippen LogP contribution in [0.4, 0.5) is 0 Å². The molecule has 1 heterocycles. The van der Waals surface area contributed by atoms with Gasteiger partial charge in [-0.1, -0.05) is 54.6 Å². The van der Waals surface area contributed by atoms with E-state index < -0.39 is 36.2 Å². The molecule has 1 aromatic heterocycles. The molecule has 3 atom stereocenters. The summed E-state index contributed by atoms with van der Waals surface area (Å²) in [6, 6.07) is 25.6. The lowest BCUT2D eigenvalue weighted by molar-refractivity contribution is 0.0280. The molecule has 0 bridgehead atoms. The summed E-state index contributed by atoms with van der Waals surface area (Å²) in [5, 5.41) is 0. The van der Waals surface area contributed by atoms with Gasteiger partial charge in [0.1, 0.15) is 0 Å². The minimum atomic E-state index is -0.882. The fraction of sp³-hybridized carbons (Fsp3) is 0.200. The van der Waals surface area contributed by atoms with E-state index in [9.17, 15) is 14.4 Å². The van der Waals surface area contributed by atoms with Crippen LogP contribution in [0.5, 0.6) is 0 Å². The highest BCUT2D eigenvalue weighted by atomic mass is 16.6. The van der Waals surface area contributed by atoms with E-state index >= 15 is 0 Å². The maximum Gasteiger partial charge on any atom is 0.338 e. The van der Waals surface area contributed by atoms with Gasteiger partial charge in [-0.2, -0.15) is 0 Å². The summed E-state index contributed by atoms with van der Waals surface area (Å²) >= 11 is 0. The molecule has 3 unspecified atom stereocenters. The Morgan fingerprint density at radius 1 is 0.462 bits per heavy atom. The van der Waals surface area contributed by atoms with Crippen LogP contribution in [0.15, 0.2) is 91.0 Å². The first kappa shape index (κ1) is 27.1. The zero-order valence-electron chi connectivity index (χ0n) is 21.7. The number of hydrogen-bond donors (Lipinski definition) is 0. The van der Waals surface area contributed by atoms with E-state index in [2.05, 4.69) is 15.0 Å². The monoisotopic (exact) mass is 525 g/mol. The van der Waals surface area contributed by atoms with Gasteiger partial charge in [0.25, 0.3) is 0 Å². The molecular formula is C30H27N3O6. The molecule has 9 heteroatoms. The van der Waals surface area contributed by atoms with Crippen molar-refractivity contribution in [1.29, 1.82) is 0 Å². The number of rotatable bonds is 9. The third kappa shape index (κ3) is 7.10. The predicted octanol–water partition coefficient (Wildman–Crippen LogP) is 5.63. The third-order valence-corrected chi connectivity index (χ3v) is 5.66. The summed E-state index contributed by atoms with van der Waals surface area (Å²) in [6.45, 7) is 4.85. The van der Waals surface area contributed by atoms with Crippen LogP contribution >= 0.6 is 0 Å².